The molecule has 2 aromatic rings. The standard InChI is InChI=1S/C22H24N4O7/c1-14-18(21(27)32-3)19(15-5-4-6-16(11-15)26(29)30)20(22(28)33-10-9-31-2)17(24-14)12-25-8-7-23-13-25/h4-8,11,13,19,24H,9-10,12H2,1-3H3. The molecule has 1 atom stereocenters. The first kappa shape index (κ1) is 23.7. The number of esters is 2. The van der Waals surface area contributed by atoms with Crippen molar-refractivity contribution in [2.45, 2.75) is 19.4 Å². The normalized spacial score (nSPS) is 15.8. The van der Waals surface area contributed by atoms with Gasteiger partial charge in [0, 0.05) is 43.0 Å². The Bertz CT molecular complexity index is 1110. The number of aromatic nitrogens is 2. The molecule has 3 rings (SSSR count). The summed E-state index contributed by atoms with van der Waals surface area (Å²) >= 11 is 0. The van der Waals surface area contributed by atoms with E-state index in [4.69, 9.17) is 14.2 Å². The number of non-ortho nitro benzene ring substituents is 1. The second kappa shape index (κ2) is 10.6. The van der Waals surface area contributed by atoms with Crippen molar-refractivity contribution in [1.29, 1.82) is 0 Å². The Morgan fingerprint density at radius 3 is 2.64 bits per heavy atom. The smallest absolute Gasteiger partial charge is 0.336 e. The highest BCUT2D eigenvalue weighted by Crippen LogP contribution is 2.40. The molecule has 0 bridgehead atoms. The number of nitrogens with zero attached hydrogens (tertiary/aromatic N) is 3. The highest BCUT2D eigenvalue weighted by atomic mass is 16.6. The maximum atomic E-state index is 13.3. The highest BCUT2D eigenvalue weighted by molar-refractivity contribution is 6.00. The number of nitro groups is 1. The van der Waals surface area contributed by atoms with Crippen LogP contribution in [0, 0.1) is 10.1 Å². The summed E-state index contributed by atoms with van der Waals surface area (Å²) in [5, 5.41) is 14.5. The fourth-order valence-electron chi connectivity index (χ4n) is 3.65. The van der Waals surface area contributed by atoms with Crippen LogP contribution in [0.4, 0.5) is 5.69 Å². The maximum Gasteiger partial charge on any atom is 0.336 e. The summed E-state index contributed by atoms with van der Waals surface area (Å²) in [6, 6.07) is 5.80. The van der Waals surface area contributed by atoms with E-state index in [0.29, 0.717) is 17.0 Å². The van der Waals surface area contributed by atoms with Gasteiger partial charge in [-0.1, -0.05) is 12.1 Å². The Balaban J connectivity index is 2.20. The van der Waals surface area contributed by atoms with Gasteiger partial charge in [0.05, 0.1) is 48.6 Å². The van der Waals surface area contributed by atoms with Crippen LogP contribution in [0.5, 0.6) is 0 Å². The molecule has 0 amide bonds. The number of imidazole rings is 1. The molecule has 1 aromatic heterocycles. The molecule has 1 unspecified atom stereocenters. The number of methoxy groups -OCH3 is 2. The van der Waals surface area contributed by atoms with Crippen LogP contribution in [0.1, 0.15) is 18.4 Å². The van der Waals surface area contributed by atoms with Crippen LogP contribution in [0.25, 0.3) is 0 Å². The summed E-state index contributed by atoms with van der Waals surface area (Å²) in [6.07, 6.45) is 4.90. The third-order valence-corrected chi connectivity index (χ3v) is 5.10. The van der Waals surface area contributed by atoms with E-state index in [1.807, 2.05) is 0 Å². The predicted octanol–water partition coefficient (Wildman–Crippen LogP) is 2.07. The molecule has 0 aliphatic carbocycles. The number of dihydropyridines is 1. The van der Waals surface area contributed by atoms with E-state index in [0.717, 1.165) is 0 Å². The van der Waals surface area contributed by atoms with Gasteiger partial charge in [0.2, 0.25) is 0 Å². The molecule has 2 heterocycles. The monoisotopic (exact) mass is 456 g/mol. The van der Waals surface area contributed by atoms with Crippen molar-refractivity contribution >= 4 is 17.6 Å². The van der Waals surface area contributed by atoms with Crippen LogP contribution in [0.2, 0.25) is 0 Å². The van der Waals surface area contributed by atoms with Gasteiger partial charge >= 0.3 is 11.9 Å². The first-order valence-corrected chi connectivity index (χ1v) is 10.0. The first-order valence-electron chi connectivity index (χ1n) is 10.0. The van der Waals surface area contributed by atoms with Crippen molar-refractivity contribution in [3.8, 4) is 0 Å². The van der Waals surface area contributed by atoms with Crippen molar-refractivity contribution in [1.82, 2.24) is 14.9 Å². The van der Waals surface area contributed by atoms with Gasteiger partial charge in [-0.25, -0.2) is 14.6 Å². The fourth-order valence-corrected chi connectivity index (χ4v) is 3.65. The zero-order valence-corrected chi connectivity index (χ0v) is 18.4. The summed E-state index contributed by atoms with van der Waals surface area (Å²) in [7, 11) is 2.71. The van der Waals surface area contributed by atoms with Crippen LogP contribution in [-0.2, 0) is 30.3 Å². The second-order valence-corrected chi connectivity index (χ2v) is 7.20. The molecular weight excluding hydrogens is 432 g/mol. The zero-order valence-electron chi connectivity index (χ0n) is 18.4. The van der Waals surface area contributed by atoms with Gasteiger partial charge in [-0.15, -0.1) is 0 Å². The van der Waals surface area contributed by atoms with Crippen molar-refractivity contribution in [2.24, 2.45) is 0 Å². The quantitative estimate of drug-likeness (QED) is 0.260. The highest BCUT2D eigenvalue weighted by Gasteiger charge is 2.39. The Kier molecular flexibility index (Phi) is 7.57. The number of allylic oxidation sites excluding steroid dienone is 2. The third kappa shape index (κ3) is 5.26. The number of hydrogen-bond acceptors (Lipinski definition) is 9. The Labute approximate surface area is 189 Å². The Hall–Kier alpha value is -3.99. The third-order valence-electron chi connectivity index (χ3n) is 5.10. The lowest BCUT2D eigenvalue weighted by atomic mass is 9.80. The second-order valence-electron chi connectivity index (χ2n) is 7.20. The predicted molar refractivity (Wildman–Crippen MR) is 116 cm³/mol. The molecule has 174 valence electrons. The molecular formula is C22H24N4O7. The van der Waals surface area contributed by atoms with Crippen molar-refractivity contribution in [3.63, 3.8) is 0 Å². The van der Waals surface area contributed by atoms with Gasteiger partial charge in [-0.05, 0) is 12.5 Å². The van der Waals surface area contributed by atoms with Gasteiger partial charge < -0.3 is 24.1 Å². The number of nitro benzene ring substituents is 1. The number of benzene rings is 1. The number of ether oxygens (including phenoxy) is 3. The molecule has 1 aromatic carbocycles. The molecule has 11 heteroatoms. The summed E-state index contributed by atoms with van der Waals surface area (Å²) in [5.41, 5.74) is 1.44. The zero-order chi connectivity index (χ0) is 24.0. The average Bonchev–Trinajstić information content (AvgIpc) is 3.31. The van der Waals surface area contributed by atoms with Crippen molar-refractivity contribution in [2.75, 3.05) is 27.4 Å². The van der Waals surface area contributed by atoms with Crippen molar-refractivity contribution in [3.05, 3.63) is 81.2 Å². The Morgan fingerprint density at radius 1 is 1.21 bits per heavy atom. The average molecular weight is 456 g/mol. The van der Waals surface area contributed by atoms with Gasteiger partial charge in [0.1, 0.15) is 6.61 Å². The number of carbonyl (C=O) groups excluding carboxylic acids is 2. The van der Waals surface area contributed by atoms with E-state index in [1.54, 1.807) is 36.3 Å². The van der Waals surface area contributed by atoms with E-state index >= 15 is 0 Å². The molecule has 0 fully saturated rings. The van der Waals surface area contributed by atoms with E-state index in [-0.39, 0.29) is 36.6 Å². The number of rotatable bonds is 9. The van der Waals surface area contributed by atoms with Crippen LogP contribution in [-0.4, -0.2) is 53.8 Å². The summed E-state index contributed by atoms with van der Waals surface area (Å²) < 4.78 is 17.1. The van der Waals surface area contributed by atoms with Gasteiger partial charge in [-0.2, -0.15) is 0 Å². The van der Waals surface area contributed by atoms with E-state index in [1.165, 1.54) is 32.4 Å². The van der Waals surface area contributed by atoms with E-state index in [9.17, 15) is 19.7 Å². The SMILES string of the molecule is COCCOC(=O)C1=C(Cn2ccnc2)NC(C)=C(C(=O)OC)C1c1cccc([N+](=O)[O-])c1. The molecule has 1 aliphatic heterocycles. The van der Waals surface area contributed by atoms with Crippen LogP contribution in [0.15, 0.2) is 65.5 Å². The lowest BCUT2D eigenvalue weighted by Crippen LogP contribution is -2.34. The van der Waals surface area contributed by atoms with Gasteiger partial charge in [0.25, 0.3) is 5.69 Å². The molecule has 11 nitrogen and oxygen atoms in total. The Morgan fingerprint density at radius 2 is 2.00 bits per heavy atom. The molecule has 1 N–H and O–H groups in total. The lowest BCUT2D eigenvalue weighted by molar-refractivity contribution is -0.384. The first-order chi connectivity index (χ1) is 15.9. The van der Waals surface area contributed by atoms with Gasteiger partial charge in [0.15, 0.2) is 0 Å². The minimum atomic E-state index is -0.952. The molecule has 0 spiro atoms. The minimum Gasteiger partial charge on any atom is -0.466 e. The largest absolute Gasteiger partial charge is 0.466 e. The molecule has 0 saturated heterocycles. The van der Waals surface area contributed by atoms with E-state index < -0.39 is 22.8 Å². The van der Waals surface area contributed by atoms with Crippen molar-refractivity contribution < 1.29 is 28.7 Å². The number of nitrogens with one attached hydrogen (secondary N) is 1. The minimum absolute atomic E-state index is 0.00486. The van der Waals surface area contributed by atoms with Gasteiger partial charge in [-0.3, -0.25) is 10.1 Å². The van der Waals surface area contributed by atoms with E-state index in [2.05, 4.69) is 10.3 Å². The summed E-state index contributed by atoms with van der Waals surface area (Å²) in [4.78, 5) is 40.9. The maximum absolute atomic E-state index is 13.3. The molecule has 0 radical (unpaired) electrons. The van der Waals surface area contributed by atoms with Crippen LogP contribution < -0.4 is 5.32 Å². The topological polar surface area (TPSA) is 135 Å². The molecule has 0 saturated carbocycles. The number of hydrogen-bond donors (Lipinski definition) is 1. The summed E-state index contributed by atoms with van der Waals surface area (Å²) in [5.74, 6) is -2.30. The van der Waals surface area contributed by atoms with Crippen LogP contribution >= 0.6 is 0 Å². The van der Waals surface area contributed by atoms with Crippen LogP contribution in [0.3, 0.4) is 0 Å². The molecule has 1 aliphatic rings. The number of carbonyl (C=O) groups is 2. The molecule has 33 heavy (non-hydrogen) atoms. The lowest BCUT2D eigenvalue weighted by Gasteiger charge is -2.31. The fraction of sp³-hybridized carbons (Fsp3) is 0.318. The summed E-state index contributed by atoms with van der Waals surface area (Å²) in [6.45, 7) is 2.09.